The molecule has 0 aliphatic heterocycles. The molecule has 1 aromatic carbocycles. The highest BCUT2D eigenvalue weighted by atomic mass is 127. The van der Waals surface area contributed by atoms with E-state index in [0.29, 0.717) is 0 Å². The summed E-state index contributed by atoms with van der Waals surface area (Å²) in [5.74, 6) is 0.999. The molecule has 118 valence electrons. The summed E-state index contributed by atoms with van der Waals surface area (Å²) in [4.78, 5) is 12.9. The third kappa shape index (κ3) is 2.80. The summed E-state index contributed by atoms with van der Waals surface area (Å²) in [5, 5.41) is 0. The van der Waals surface area contributed by atoms with Crippen LogP contribution in [0.4, 0.5) is 5.95 Å². The maximum absolute atomic E-state index is 5.78. The number of nitrogen functional groups attached to an aromatic ring is 1. The molecule has 0 radical (unpaired) electrons. The summed E-state index contributed by atoms with van der Waals surface area (Å²) in [7, 11) is 0. The van der Waals surface area contributed by atoms with Gasteiger partial charge in [-0.15, -0.1) is 0 Å². The number of imidazole rings is 1. The lowest BCUT2D eigenvalue weighted by atomic mass is 9.84. The number of rotatable bonds is 2. The Kier molecular flexibility index (Phi) is 3.92. The molecule has 0 spiro atoms. The number of nitrogens with two attached hydrogens (primary N) is 1. The largest absolute Gasteiger partial charge is 0.368 e. The van der Waals surface area contributed by atoms with Gasteiger partial charge >= 0.3 is 0 Å². The minimum atomic E-state index is 0.280. The molecule has 1 aliphatic carbocycles. The average molecular weight is 419 g/mol. The van der Waals surface area contributed by atoms with Crippen LogP contribution in [-0.4, -0.2) is 19.5 Å². The lowest BCUT2D eigenvalue weighted by molar-refractivity contribution is 0.443. The van der Waals surface area contributed by atoms with Crippen molar-refractivity contribution in [2.24, 2.45) is 0 Å². The molecule has 5 nitrogen and oxygen atoms in total. The van der Waals surface area contributed by atoms with Gasteiger partial charge in [-0.1, -0.05) is 31.4 Å². The zero-order valence-electron chi connectivity index (χ0n) is 12.7. The standard InChI is InChI=1S/C17H18IN5/c18-15-14-16(22-17(19)21-15)23(10-20-14)13-8-6-12(7-9-13)11-4-2-1-3-5-11/h6-11H,1-5H2,(H2,19,21,22). The highest BCUT2D eigenvalue weighted by Crippen LogP contribution is 2.33. The van der Waals surface area contributed by atoms with Crippen molar-refractivity contribution in [1.29, 1.82) is 0 Å². The first-order valence-corrected chi connectivity index (χ1v) is 9.06. The Labute approximate surface area is 148 Å². The Morgan fingerprint density at radius 2 is 1.78 bits per heavy atom. The predicted molar refractivity (Wildman–Crippen MR) is 99.6 cm³/mol. The second-order valence-electron chi connectivity index (χ2n) is 6.09. The second-order valence-corrected chi connectivity index (χ2v) is 7.11. The first kappa shape index (κ1) is 14.9. The third-order valence-corrected chi connectivity index (χ3v) is 5.37. The summed E-state index contributed by atoms with van der Waals surface area (Å²) in [6, 6.07) is 8.78. The van der Waals surface area contributed by atoms with Gasteiger partial charge in [-0.05, 0) is 59.0 Å². The van der Waals surface area contributed by atoms with Gasteiger partial charge in [-0.2, -0.15) is 4.98 Å². The van der Waals surface area contributed by atoms with Crippen LogP contribution < -0.4 is 5.73 Å². The van der Waals surface area contributed by atoms with Gasteiger partial charge < -0.3 is 5.73 Å². The van der Waals surface area contributed by atoms with Crippen LogP contribution in [0.3, 0.4) is 0 Å². The Bertz CT molecular complexity index is 834. The van der Waals surface area contributed by atoms with Gasteiger partial charge in [0.15, 0.2) is 5.65 Å². The molecule has 0 atom stereocenters. The zero-order valence-corrected chi connectivity index (χ0v) is 14.9. The molecule has 0 saturated heterocycles. The Morgan fingerprint density at radius 1 is 1.04 bits per heavy atom. The summed E-state index contributed by atoms with van der Waals surface area (Å²) >= 11 is 2.14. The number of fused-ring (bicyclic) bond motifs is 1. The summed E-state index contributed by atoms with van der Waals surface area (Å²) in [5.41, 5.74) is 9.83. The number of hydrogen-bond acceptors (Lipinski definition) is 4. The topological polar surface area (TPSA) is 69.6 Å². The molecule has 3 aromatic rings. The molecule has 0 bridgehead atoms. The van der Waals surface area contributed by atoms with Gasteiger partial charge in [0.05, 0.1) is 0 Å². The first-order chi connectivity index (χ1) is 11.2. The number of halogens is 1. The Morgan fingerprint density at radius 3 is 2.52 bits per heavy atom. The highest BCUT2D eigenvalue weighted by molar-refractivity contribution is 14.1. The van der Waals surface area contributed by atoms with Crippen LogP contribution in [0.15, 0.2) is 30.6 Å². The second kappa shape index (κ2) is 6.07. The number of anilines is 1. The van der Waals surface area contributed by atoms with Gasteiger partial charge in [-0.25, -0.2) is 9.97 Å². The van der Waals surface area contributed by atoms with E-state index in [0.717, 1.165) is 26.5 Å². The molecule has 1 fully saturated rings. The number of hydrogen-bond donors (Lipinski definition) is 1. The quantitative estimate of drug-likeness (QED) is 0.503. The fourth-order valence-electron chi connectivity index (χ4n) is 3.41. The monoisotopic (exact) mass is 419 g/mol. The summed E-state index contributed by atoms with van der Waals surface area (Å²) in [6.07, 6.45) is 8.51. The molecule has 0 unspecified atom stereocenters. The maximum Gasteiger partial charge on any atom is 0.223 e. The van der Waals surface area contributed by atoms with Crippen molar-refractivity contribution in [3.63, 3.8) is 0 Å². The number of aromatic nitrogens is 4. The van der Waals surface area contributed by atoms with Crippen molar-refractivity contribution < 1.29 is 0 Å². The smallest absolute Gasteiger partial charge is 0.223 e. The predicted octanol–water partition coefficient (Wildman–Crippen LogP) is 4.05. The van der Waals surface area contributed by atoms with Crippen LogP contribution >= 0.6 is 22.6 Å². The molecule has 2 heterocycles. The van der Waals surface area contributed by atoms with Crippen molar-refractivity contribution in [3.05, 3.63) is 39.9 Å². The van der Waals surface area contributed by atoms with Crippen LogP contribution in [0, 0.1) is 3.70 Å². The minimum Gasteiger partial charge on any atom is -0.368 e. The normalized spacial score (nSPS) is 16.0. The third-order valence-electron chi connectivity index (χ3n) is 4.62. The lowest BCUT2D eigenvalue weighted by Gasteiger charge is -2.22. The number of benzene rings is 1. The van der Waals surface area contributed by atoms with E-state index >= 15 is 0 Å². The van der Waals surface area contributed by atoms with Crippen LogP contribution in [0.2, 0.25) is 0 Å². The van der Waals surface area contributed by atoms with Gasteiger partial charge in [0, 0.05) is 5.69 Å². The van der Waals surface area contributed by atoms with Crippen molar-refractivity contribution in [2.45, 2.75) is 38.0 Å². The van der Waals surface area contributed by atoms with E-state index in [1.807, 2.05) is 4.57 Å². The Hall–Kier alpha value is -1.70. The molecule has 4 rings (SSSR count). The van der Waals surface area contributed by atoms with Gasteiger partial charge in [0.25, 0.3) is 0 Å². The molecule has 23 heavy (non-hydrogen) atoms. The molecule has 2 N–H and O–H groups in total. The van der Waals surface area contributed by atoms with E-state index in [-0.39, 0.29) is 5.95 Å². The van der Waals surface area contributed by atoms with E-state index in [9.17, 15) is 0 Å². The van der Waals surface area contributed by atoms with Crippen molar-refractivity contribution in [2.75, 3.05) is 5.73 Å². The lowest BCUT2D eigenvalue weighted by Crippen LogP contribution is -2.05. The van der Waals surface area contributed by atoms with Gasteiger partial charge in [0.2, 0.25) is 5.95 Å². The Balaban J connectivity index is 1.71. The zero-order chi connectivity index (χ0) is 15.8. The molecule has 1 aliphatic rings. The van der Waals surface area contributed by atoms with Gasteiger partial charge in [0.1, 0.15) is 15.5 Å². The van der Waals surface area contributed by atoms with Gasteiger partial charge in [-0.3, -0.25) is 4.57 Å². The van der Waals surface area contributed by atoms with E-state index in [2.05, 4.69) is 61.8 Å². The van der Waals surface area contributed by atoms with E-state index in [4.69, 9.17) is 5.73 Å². The van der Waals surface area contributed by atoms with Crippen molar-refractivity contribution in [1.82, 2.24) is 19.5 Å². The van der Waals surface area contributed by atoms with E-state index in [1.54, 1.807) is 6.33 Å². The average Bonchev–Trinajstić information content (AvgIpc) is 3.00. The molecular formula is C17H18IN5. The fraction of sp³-hybridized carbons (Fsp3) is 0.353. The van der Waals surface area contributed by atoms with Crippen LogP contribution in [0.25, 0.3) is 16.9 Å². The summed E-state index contributed by atoms with van der Waals surface area (Å²) < 4.78 is 2.75. The van der Waals surface area contributed by atoms with E-state index in [1.165, 1.54) is 37.7 Å². The van der Waals surface area contributed by atoms with Crippen LogP contribution in [0.5, 0.6) is 0 Å². The highest BCUT2D eigenvalue weighted by Gasteiger charge is 2.16. The fourth-order valence-corrected chi connectivity index (χ4v) is 4.04. The minimum absolute atomic E-state index is 0.280. The first-order valence-electron chi connectivity index (χ1n) is 7.99. The van der Waals surface area contributed by atoms with E-state index < -0.39 is 0 Å². The molecule has 6 heteroatoms. The van der Waals surface area contributed by atoms with Crippen LogP contribution in [0.1, 0.15) is 43.6 Å². The van der Waals surface area contributed by atoms with Crippen molar-refractivity contribution >= 4 is 39.7 Å². The van der Waals surface area contributed by atoms with Crippen molar-refractivity contribution in [3.8, 4) is 5.69 Å². The summed E-state index contributed by atoms with van der Waals surface area (Å²) in [6.45, 7) is 0. The molecular weight excluding hydrogens is 401 g/mol. The molecule has 1 saturated carbocycles. The maximum atomic E-state index is 5.78. The SMILES string of the molecule is Nc1nc(I)c2ncn(-c3ccc(C4CCCCC4)cc3)c2n1. The molecule has 0 amide bonds. The number of nitrogens with zero attached hydrogens (tertiary/aromatic N) is 4. The molecule has 2 aromatic heterocycles. The van der Waals surface area contributed by atoms with Crippen LogP contribution in [-0.2, 0) is 0 Å².